The Bertz CT molecular complexity index is 790. The molecule has 152 valence electrons. The highest BCUT2D eigenvalue weighted by Crippen LogP contribution is 2.37. The van der Waals surface area contributed by atoms with Crippen molar-refractivity contribution in [1.29, 1.82) is 0 Å². The van der Waals surface area contributed by atoms with E-state index in [9.17, 15) is 9.59 Å². The first-order chi connectivity index (χ1) is 13.3. The van der Waals surface area contributed by atoms with Crippen LogP contribution in [0.3, 0.4) is 0 Å². The smallest absolute Gasteiger partial charge is 0.327 e. The number of ether oxygens (including phenoxy) is 2. The number of carbonyl (C=O) groups is 2. The maximum atomic E-state index is 12.6. The van der Waals surface area contributed by atoms with Gasteiger partial charge in [-0.3, -0.25) is 14.6 Å². The van der Waals surface area contributed by atoms with Gasteiger partial charge in [0.15, 0.2) is 11.5 Å². The lowest BCUT2D eigenvalue weighted by Gasteiger charge is -2.40. The van der Waals surface area contributed by atoms with E-state index in [0.29, 0.717) is 55.6 Å². The molecule has 7 nitrogen and oxygen atoms in total. The zero-order valence-electron chi connectivity index (χ0n) is 16.5. The third-order valence-corrected chi connectivity index (χ3v) is 6.04. The number of likely N-dealkylation sites (tertiary alicyclic amines) is 1. The fourth-order valence-electron chi connectivity index (χ4n) is 3.94. The zero-order valence-corrected chi connectivity index (χ0v) is 17.3. The van der Waals surface area contributed by atoms with Crippen molar-refractivity contribution in [3.63, 3.8) is 0 Å². The van der Waals surface area contributed by atoms with E-state index in [-0.39, 0.29) is 11.9 Å². The van der Waals surface area contributed by atoms with Crippen LogP contribution in [0.25, 0.3) is 0 Å². The molecular weight excluding hydrogens is 382 g/mol. The molecule has 28 heavy (non-hydrogen) atoms. The molecule has 3 amide bonds. The van der Waals surface area contributed by atoms with Crippen molar-refractivity contribution in [1.82, 2.24) is 14.7 Å². The van der Waals surface area contributed by atoms with Gasteiger partial charge >= 0.3 is 6.03 Å². The number of piperidine rings is 1. The topological polar surface area (TPSA) is 62.3 Å². The number of hydrogen-bond acceptors (Lipinski definition) is 5. The summed E-state index contributed by atoms with van der Waals surface area (Å²) in [6.45, 7) is 6.04. The number of imide groups is 1. The summed E-state index contributed by atoms with van der Waals surface area (Å²) in [6, 6.07) is 3.41. The lowest BCUT2D eigenvalue weighted by Crippen LogP contribution is -2.55. The predicted molar refractivity (Wildman–Crippen MR) is 107 cm³/mol. The van der Waals surface area contributed by atoms with E-state index in [0.717, 1.165) is 5.56 Å². The first-order valence-corrected chi connectivity index (χ1v) is 9.60. The van der Waals surface area contributed by atoms with E-state index >= 15 is 0 Å². The normalized spacial score (nSPS) is 19.4. The quantitative estimate of drug-likeness (QED) is 0.536. The number of methoxy groups -OCH3 is 1. The molecule has 0 atom stereocenters. The van der Waals surface area contributed by atoms with Gasteiger partial charge in [0.25, 0.3) is 5.91 Å². The molecule has 2 fully saturated rings. The number of urea groups is 1. The molecule has 0 bridgehead atoms. The van der Waals surface area contributed by atoms with Crippen LogP contribution in [0, 0.1) is 0 Å². The van der Waals surface area contributed by atoms with Crippen LogP contribution in [0.15, 0.2) is 24.8 Å². The summed E-state index contributed by atoms with van der Waals surface area (Å²) in [5.41, 5.74) is 0.214. The van der Waals surface area contributed by atoms with E-state index in [1.54, 1.807) is 38.2 Å². The predicted octanol–water partition coefficient (Wildman–Crippen LogP) is 2.77. The zero-order chi connectivity index (χ0) is 20.5. The van der Waals surface area contributed by atoms with Gasteiger partial charge in [-0.25, -0.2) is 4.79 Å². The SMILES string of the molecule is C=CCOc1cc(Cl)c(CN2CCC3(CC2)C(=O)N(C)C(=O)N3C)cc1OC. The Kier molecular flexibility index (Phi) is 5.86. The number of benzene rings is 1. The van der Waals surface area contributed by atoms with Gasteiger partial charge in [0.1, 0.15) is 12.1 Å². The Morgan fingerprint density at radius 1 is 1.21 bits per heavy atom. The molecule has 2 aliphatic rings. The molecule has 0 aliphatic carbocycles. The van der Waals surface area contributed by atoms with E-state index in [1.165, 1.54) is 4.90 Å². The molecule has 0 radical (unpaired) electrons. The number of hydrogen-bond donors (Lipinski definition) is 0. The minimum atomic E-state index is -0.716. The number of halogens is 1. The fourth-order valence-corrected chi connectivity index (χ4v) is 4.15. The summed E-state index contributed by atoms with van der Waals surface area (Å²) in [5, 5.41) is 0.601. The van der Waals surface area contributed by atoms with Crippen LogP contribution in [0.4, 0.5) is 4.79 Å². The van der Waals surface area contributed by atoms with E-state index in [4.69, 9.17) is 21.1 Å². The number of rotatable bonds is 6. The van der Waals surface area contributed by atoms with Gasteiger partial charge in [-0.05, 0) is 24.5 Å². The first kappa shape index (κ1) is 20.5. The first-order valence-electron chi connectivity index (χ1n) is 9.22. The van der Waals surface area contributed by atoms with Crippen molar-refractivity contribution >= 4 is 23.5 Å². The van der Waals surface area contributed by atoms with Gasteiger partial charge in [-0.1, -0.05) is 24.3 Å². The molecule has 2 aliphatic heterocycles. The van der Waals surface area contributed by atoms with Crippen molar-refractivity contribution in [3.05, 3.63) is 35.4 Å². The number of nitrogens with zero attached hydrogens (tertiary/aromatic N) is 3. The third-order valence-electron chi connectivity index (χ3n) is 5.69. The highest BCUT2D eigenvalue weighted by atomic mass is 35.5. The lowest BCUT2D eigenvalue weighted by atomic mass is 9.86. The standard InChI is InChI=1S/C20H26ClN3O4/c1-5-10-28-17-12-15(21)14(11-16(17)27-4)13-24-8-6-20(7-9-24)18(25)22(2)19(26)23(20)3/h5,11-12H,1,6-10,13H2,2-4H3. The summed E-state index contributed by atoms with van der Waals surface area (Å²) in [6.07, 6.45) is 2.87. The molecule has 0 aromatic heterocycles. The van der Waals surface area contributed by atoms with Crippen molar-refractivity contribution in [2.45, 2.75) is 24.9 Å². The Morgan fingerprint density at radius 3 is 2.43 bits per heavy atom. The maximum Gasteiger partial charge on any atom is 0.327 e. The highest BCUT2D eigenvalue weighted by Gasteiger charge is 2.55. The number of amides is 3. The second-order valence-electron chi connectivity index (χ2n) is 7.21. The Labute approximate surface area is 170 Å². The highest BCUT2D eigenvalue weighted by molar-refractivity contribution is 6.31. The van der Waals surface area contributed by atoms with Crippen molar-refractivity contribution in [2.24, 2.45) is 0 Å². The summed E-state index contributed by atoms with van der Waals surface area (Å²) in [4.78, 5) is 29.8. The minimum absolute atomic E-state index is 0.108. The number of carbonyl (C=O) groups excluding carboxylic acids is 2. The van der Waals surface area contributed by atoms with E-state index < -0.39 is 5.54 Å². The third kappa shape index (κ3) is 3.44. The van der Waals surface area contributed by atoms with Gasteiger partial charge in [-0.2, -0.15) is 0 Å². The molecule has 1 aromatic carbocycles. The number of likely N-dealkylation sites (N-methyl/N-ethyl adjacent to an activating group) is 2. The van der Waals surface area contributed by atoms with Gasteiger partial charge < -0.3 is 14.4 Å². The molecule has 2 heterocycles. The van der Waals surface area contributed by atoms with Crippen LogP contribution in [0.5, 0.6) is 11.5 Å². The van der Waals surface area contributed by atoms with Crippen molar-refractivity contribution in [2.75, 3.05) is 40.9 Å². The van der Waals surface area contributed by atoms with Crippen LogP contribution in [0.1, 0.15) is 18.4 Å². The molecule has 2 saturated heterocycles. The average Bonchev–Trinajstić information content (AvgIpc) is 2.85. The molecule has 0 N–H and O–H groups in total. The van der Waals surface area contributed by atoms with Gasteiger partial charge in [0.05, 0.1) is 7.11 Å². The lowest BCUT2D eigenvalue weighted by molar-refractivity contribution is -0.134. The molecule has 8 heteroatoms. The maximum absolute atomic E-state index is 12.6. The van der Waals surface area contributed by atoms with Gasteiger partial charge in [0.2, 0.25) is 0 Å². The monoisotopic (exact) mass is 407 g/mol. The summed E-state index contributed by atoms with van der Waals surface area (Å²) >= 11 is 6.46. The molecule has 0 unspecified atom stereocenters. The van der Waals surface area contributed by atoms with E-state index in [1.807, 2.05) is 6.07 Å². The summed E-state index contributed by atoms with van der Waals surface area (Å²) in [7, 11) is 4.85. The van der Waals surface area contributed by atoms with Crippen molar-refractivity contribution in [3.8, 4) is 11.5 Å². The average molecular weight is 408 g/mol. The molecule has 0 saturated carbocycles. The van der Waals surface area contributed by atoms with Crippen molar-refractivity contribution < 1.29 is 19.1 Å². The molecule has 3 rings (SSSR count). The molecular formula is C20H26ClN3O4. The Balaban J connectivity index is 1.70. The van der Waals surface area contributed by atoms with Crippen LogP contribution in [-0.2, 0) is 11.3 Å². The Hall–Kier alpha value is -2.25. The largest absolute Gasteiger partial charge is 0.493 e. The summed E-state index contributed by atoms with van der Waals surface area (Å²) < 4.78 is 11.0. The second-order valence-corrected chi connectivity index (χ2v) is 7.61. The second kappa shape index (κ2) is 8.01. The van der Waals surface area contributed by atoms with Gasteiger partial charge in [-0.15, -0.1) is 0 Å². The van der Waals surface area contributed by atoms with Crippen LogP contribution >= 0.6 is 11.6 Å². The minimum Gasteiger partial charge on any atom is -0.493 e. The fraction of sp³-hybridized carbons (Fsp3) is 0.500. The van der Waals surface area contributed by atoms with Crippen LogP contribution < -0.4 is 9.47 Å². The van der Waals surface area contributed by atoms with Crippen LogP contribution in [0.2, 0.25) is 5.02 Å². The van der Waals surface area contributed by atoms with Gasteiger partial charge in [0, 0.05) is 44.8 Å². The molecule has 1 aromatic rings. The van der Waals surface area contributed by atoms with Crippen LogP contribution in [-0.4, -0.2) is 73.1 Å². The van der Waals surface area contributed by atoms with E-state index in [2.05, 4.69) is 11.5 Å². The molecule has 1 spiro atoms. The Morgan fingerprint density at radius 2 is 1.89 bits per heavy atom. The summed E-state index contributed by atoms with van der Waals surface area (Å²) in [5.74, 6) is 1.09.